The molecule has 3 rings (SSSR count). The normalized spacial score (nSPS) is 11.8. The van der Waals surface area contributed by atoms with Crippen molar-refractivity contribution in [2.24, 2.45) is 0 Å². The van der Waals surface area contributed by atoms with Crippen molar-refractivity contribution in [2.45, 2.75) is 19.8 Å². The number of hydrogen-bond acceptors (Lipinski definition) is 3. The van der Waals surface area contributed by atoms with Crippen LogP contribution >= 0.6 is 0 Å². The largest absolute Gasteiger partial charge is 0.481 e. The van der Waals surface area contributed by atoms with Crippen molar-refractivity contribution in [1.82, 2.24) is 0 Å². The fourth-order valence-electron chi connectivity index (χ4n) is 3.32. The van der Waals surface area contributed by atoms with E-state index in [-0.39, 0.29) is 23.4 Å². The average molecular weight is 388 g/mol. The Morgan fingerprint density at radius 2 is 1.45 bits per heavy atom. The van der Waals surface area contributed by atoms with Crippen LogP contribution in [-0.2, 0) is 9.59 Å². The van der Waals surface area contributed by atoms with Gasteiger partial charge in [-0.15, -0.1) is 0 Å². The second kappa shape index (κ2) is 8.52. The molecule has 5 heteroatoms. The van der Waals surface area contributed by atoms with E-state index in [2.05, 4.69) is 0 Å². The first-order chi connectivity index (χ1) is 13.9. The van der Waals surface area contributed by atoms with Crippen molar-refractivity contribution in [3.05, 3.63) is 89.0 Å². The maximum absolute atomic E-state index is 12.9. The summed E-state index contributed by atoms with van der Waals surface area (Å²) in [5.74, 6) is -2.87. The van der Waals surface area contributed by atoms with E-state index in [1.54, 1.807) is 24.3 Å². The van der Waals surface area contributed by atoms with E-state index in [4.69, 9.17) is 0 Å². The summed E-state index contributed by atoms with van der Waals surface area (Å²) < 4.78 is 0. The summed E-state index contributed by atoms with van der Waals surface area (Å²) in [4.78, 5) is 36.2. The van der Waals surface area contributed by atoms with E-state index in [1.807, 2.05) is 49.4 Å². The van der Waals surface area contributed by atoms with Gasteiger partial charge in [-0.25, -0.2) is 4.79 Å². The number of carbonyl (C=O) groups is 3. The van der Waals surface area contributed by atoms with Gasteiger partial charge in [0, 0.05) is 12.0 Å². The minimum Gasteiger partial charge on any atom is -0.481 e. The van der Waals surface area contributed by atoms with Crippen LogP contribution in [0.25, 0.3) is 16.3 Å². The molecule has 3 aromatic rings. The number of rotatable bonds is 7. The molecule has 0 saturated carbocycles. The van der Waals surface area contributed by atoms with Crippen LogP contribution in [-0.4, -0.2) is 27.9 Å². The number of hydrogen-bond donors (Lipinski definition) is 2. The number of aryl methyl sites for hydroxylation is 1. The van der Waals surface area contributed by atoms with Gasteiger partial charge in [-0.3, -0.25) is 9.59 Å². The number of carboxylic acids is 2. The molecule has 0 amide bonds. The van der Waals surface area contributed by atoms with Crippen LogP contribution in [0.3, 0.4) is 0 Å². The molecule has 0 radical (unpaired) electrons. The van der Waals surface area contributed by atoms with Crippen LogP contribution in [0.15, 0.2) is 72.3 Å². The summed E-state index contributed by atoms with van der Waals surface area (Å²) in [6.07, 6.45) is -0.874. The molecule has 29 heavy (non-hydrogen) atoms. The van der Waals surface area contributed by atoms with E-state index >= 15 is 0 Å². The third-order valence-electron chi connectivity index (χ3n) is 4.78. The van der Waals surface area contributed by atoms with E-state index in [0.29, 0.717) is 11.1 Å². The number of allylic oxidation sites excluding steroid dienone is 1. The summed E-state index contributed by atoms with van der Waals surface area (Å²) in [5.41, 5.74) is 1.95. The molecule has 0 aliphatic heterocycles. The molecule has 0 atom stereocenters. The Morgan fingerprint density at radius 3 is 2.10 bits per heavy atom. The van der Waals surface area contributed by atoms with Crippen LogP contribution in [0.2, 0.25) is 0 Å². The topological polar surface area (TPSA) is 91.7 Å². The van der Waals surface area contributed by atoms with Crippen LogP contribution in [0.4, 0.5) is 0 Å². The quantitative estimate of drug-likeness (QED) is 0.451. The summed E-state index contributed by atoms with van der Waals surface area (Å²) >= 11 is 0. The fraction of sp³-hybridized carbons (Fsp3) is 0.125. The molecule has 0 aliphatic rings. The summed E-state index contributed by atoms with van der Waals surface area (Å²) in [7, 11) is 0. The van der Waals surface area contributed by atoms with Crippen molar-refractivity contribution in [1.29, 1.82) is 0 Å². The smallest absolute Gasteiger partial charge is 0.332 e. The van der Waals surface area contributed by atoms with Crippen molar-refractivity contribution in [3.8, 4) is 0 Å². The molecular weight excluding hydrogens is 368 g/mol. The van der Waals surface area contributed by atoms with Gasteiger partial charge >= 0.3 is 11.9 Å². The Balaban J connectivity index is 2.18. The van der Waals surface area contributed by atoms with Crippen LogP contribution in [0.1, 0.15) is 34.3 Å². The molecule has 0 unspecified atom stereocenters. The predicted octanol–water partition coefficient (Wildman–Crippen LogP) is 4.73. The minimum atomic E-state index is -1.34. The van der Waals surface area contributed by atoms with Crippen LogP contribution in [0, 0.1) is 6.92 Å². The molecule has 146 valence electrons. The Hall–Kier alpha value is -3.73. The van der Waals surface area contributed by atoms with E-state index in [0.717, 1.165) is 16.3 Å². The number of aliphatic carboxylic acids is 2. The Bertz CT molecular complexity index is 1120. The summed E-state index contributed by atoms with van der Waals surface area (Å²) in [6, 6.07) is 19.8. The third-order valence-corrected chi connectivity index (χ3v) is 4.78. The Morgan fingerprint density at radius 1 is 0.793 bits per heavy atom. The van der Waals surface area contributed by atoms with E-state index in [1.165, 1.54) is 0 Å². The van der Waals surface area contributed by atoms with Gasteiger partial charge in [-0.05, 0) is 28.8 Å². The molecule has 0 aliphatic carbocycles. The zero-order chi connectivity index (χ0) is 21.0. The molecular formula is C24H20O5. The highest BCUT2D eigenvalue weighted by molar-refractivity contribution is 6.11. The van der Waals surface area contributed by atoms with Crippen molar-refractivity contribution in [3.63, 3.8) is 0 Å². The summed E-state index contributed by atoms with van der Waals surface area (Å²) in [6.45, 7) is 1.91. The minimum absolute atomic E-state index is 0.202. The zero-order valence-electron chi connectivity index (χ0n) is 15.9. The average Bonchev–Trinajstić information content (AvgIpc) is 2.70. The second-order valence-electron chi connectivity index (χ2n) is 6.83. The number of ketones is 1. The summed E-state index contributed by atoms with van der Waals surface area (Å²) in [5, 5.41) is 20.6. The molecule has 0 aromatic heterocycles. The van der Waals surface area contributed by atoms with E-state index < -0.39 is 18.4 Å². The molecule has 5 nitrogen and oxygen atoms in total. The lowest BCUT2D eigenvalue weighted by atomic mass is 9.88. The zero-order valence-corrected chi connectivity index (χ0v) is 15.9. The first kappa shape index (κ1) is 20.0. The van der Waals surface area contributed by atoms with Crippen LogP contribution < -0.4 is 0 Å². The van der Waals surface area contributed by atoms with Crippen molar-refractivity contribution >= 4 is 34.1 Å². The molecule has 0 bridgehead atoms. The van der Waals surface area contributed by atoms with Gasteiger partial charge in [0.15, 0.2) is 5.78 Å². The van der Waals surface area contributed by atoms with Gasteiger partial charge in [0.25, 0.3) is 0 Å². The standard InChI is InChI=1S/C24H20O5/c1-15-9-11-17(12-10-15)22(25)13-20(21(24(28)29)14-23(26)27)19-8-4-6-16-5-2-3-7-18(16)19/h2-12H,13-14H2,1H3,(H,26,27)(H,28,29). The van der Waals surface area contributed by atoms with Crippen molar-refractivity contribution in [2.75, 3.05) is 0 Å². The lowest BCUT2D eigenvalue weighted by molar-refractivity contribution is -0.139. The lowest BCUT2D eigenvalue weighted by Gasteiger charge is -2.14. The number of carboxylic acid groups (broad SMARTS) is 2. The van der Waals surface area contributed by atoms with Gasteiger partial charge < -0.3 is 10.2 Å². The third kappa shape index (κ3) is 4.58. The number of carbonyl (C=O) groups excluding carboxylic acids is 1. The lowest BCUT2D eigenvalue weighted by Crippen LogP contribution is -2.12. The number of Topliss-reactive ketones (excluding diaryl/α,β-unsaturated/α-hetero) is 1. The number of benzene rings is 3. The first-order valence-corrected chi connectivity index (χ1v) is 9.12. The van der Waals surface area contributed by atoms with Gasteiger partial charge in [-0.2, -0.15) is 0 Å². The molecule has 0 fully saturated rings. The second-order valence-corrected chi connectivity index (χ2v) is 6.83. The monoisotopic (exact) mass is 388 g/mol. The van der Waals surface area contributed by atoms with Crippen LogP contribution in [0.5, 0.6) is 0 Å². The molecule has 0 saturated heterocycles. The molecule has 2 N–H and O–H groups in total. The first-order valence-electron chi connectivity index (χ1n) is 9.12. The SMILES string of the molecule is Cc1ccc(C(=O)CC(=C(CC(=O)O)C(=O)O)c2cccc3ccccc23)cc1. The number of fused-ring (bicyclic) bond motifs is 1. The van der Waals surface area contributed by atoms with E-state index in [9.17, 15) is 24.6 Å². The van der Waals surface area contributed by atoms with Gasteiger partial charge in [0.05, 0.1) is 12.0 Å². The highest BCUT2D eigenvalue weighted by Crippen LogP contribution is 2.32. The Kier molecular flexibility index (Phi) is 5.88. The van der Waals surface area contributed by atoms with Gasteiger partial charge in [0.2, 0.25) is 0 Å². The highest BCUT2D eigenvalue weighted by atomic mass is 16.4. The van der Waals surface area contributed by atoms with Gasteiger partial charge in [-0.1, -0.05) is 72.3 Å². The maximum Gasteiger partial charge on any atom is 0.332 e. The Labute approximate surface area is 167 Å². The fourth-order valence-corrected chi connectivity index (χ4v) is 3.32. The molecule has 0 spiro atoms. The van der Waals surface area contributed by atoms with Crippen molar-refractivity contribution < 1.29 is 24.6 Å². The van der Waals surface area contributed by atoms with Gasteiger partial charge in [0.1, 0.15) is 0 Å². The maximum atomic E-state index is 12.9. The molecule has 3 aromatic carbocycles. The predicted molar refractivity (Wildman–Crippen MR) is 111 cm³/mol. The highest BCUT2D eigenvalue weighted by Gasteiger charge is 2.23. The molecule has 0 heterocycles.